The number of ether oxygens (including phenoxy) is 1. The van der Waals surface area contributed by atoms with Crippen LogP contribution in [0.5, 0.6) is 5.75 Å². The normalized spacial score (nSPS) is 14.8. The minimum absolute atomic E-state index is 0.0741. The van der Waals surface area contributed by atoms with Crippen molar-refractivity contribution < 1.29 is 17.9 Å². The summed E-state index contributed by atoms with van der Waals surface area (Å²) in [6.07, 6.45) is 0. The van der Waals surface area contributed by atoms with Gasteiger partial charge in [-0.3, -0.25) is 4.79 Å². The molecular formula is C23H31N3O4S. The number of sulfonamides is 1. The first-order valence-electron chi connectivity index (χ1n) is 10.3. The summed E-state index contributed by atoms with van der Waals surface area (Å²) in [6.45, 7) is 8.39. The lowest BCUT2D eigenvalue weighted by molar-refractivity contribution is -0.131. The number of methoxy groups -OCH3 is 1. The Bertz CT molecular complexity index is 1060. The van der Waals surface area contributed by atoms with E-state index in [0.29, 0.717) is 13.1 Å². The van der Waals surface area contributed by atoms with E-state index in [1.165, 1.54) is 31.0 Å². The lowest BCUT2D eigenvalue weighted by Gasteiger charge is -2.37. The number of nitrogens with zero attached hydrogens (tertiary/aromatic N) is 3. The number of benzene rings is 2. The van der Waals surface area contributed by atoms with Gasteiger partial charge in [0.15, 0.2) is 0 Å². The van der Waals surface area contributed by atoms with Crippen LogP contribution in [-0.2, 0) is 14.8 Å². The molecule has 0 aliphatic carbocycles. The number of amides is 1. The topological polar surface area (TPSA) is 70.2 Å². The molecule has 8 heteroatoms. The third kappa shape index (κ3) is 4.85. The highest BCUT2D eigenvalue weighted by Gasteiger charge is 2.29. The van der Waals surface area contributed by atoms with Crippen molar-refractivity contribution in [2.45, 2.75) is 25.7 Å². The Labute approximate surface area is 185 Å². The van der Waals surface area contributed by atoms with E-state index in [1.807, 2.05) is 6.92 Å². The molecule has 0 bridgehead atoms. The number of anilines is 1. The van der Waals surface area contributed by atoms with Gasteiger partial charge in [-0.25, -0.2) is 8.42 Å². The standard InChI is InChI=1S/C23H31N3O4S/c1-17-9-10-21(30-5)22(15-17)31(28,29)24(4)16-23(27)26-13-11-25(12-14-26)20-8-6-7-18(2)19(20)3/h6-10,15H,11-14,16H2,1-5H3. The second-order valence-corrected chi connectivity index (χ2v) is 10.0. The summed E-state index contributed by atoms with van der Waals surface area (Å²) in [4.78, 5) is 16.9. The monoisotopic (exact) mass is 445 g/mol. The van der Waals surface area contributed by atoms with Gasteiger partial charge < -0.3 is 14.5 Å². The fourth-order valence-corrected chi connectivity index (χ4v) is 5.16. The van der Waals surface area contributed by atoms with Gasteiger partial charge in [-0.2, -0.15) is 4.31 Å². The van der Waals surface area contributed by atoms with Crippen LogP contribution in [0.1, 0.15) is 16.7 Å². The molecule has 1 heterocycles. The molecule has 168 valence electrons. The summed E-state index contributed by atoms with van der Waals surface area (Å²) in [5.74, 6) is 0.0744. The second kappa shape index (κ2) is 9.28. The quantitative estimate of drug-likeness (QED) is 0.684. The molecule has 0 atom stereocenters. The minimum Gasteiger partial charge on any atom is -0.495 e. The van der Waals surface area contributed by atoms with Gasteiger partial charge in [-0.05, 0) is 55.7 Å². The van der Waals surface area contributed by atoms with E-state index < -0.39 is 10.0 Å². The zero-order chi connectivity index (χ0) is 22.8. The molecule has 0 spiro atoms. The first kappa shape index (κ1) is 23.1. The summed E-state index contributed by atoms with van der Waals surface area (Å²) >= 11 is 0. The van der Waals surface area contributed by atoms with Crippen molar-refractivity contribution in [3.63, 3.8) is 0 Å². The Morgan fingerprint density at radius 1 is 1.06 bits per heavy atom. The molecule has 0 N–H and O–H groups in total. The molecule has 2 aromatic carbocycles. The highest BCUT2D eigenvalue weighted by molar-refractivity contribution is 7.89. The molecule has 0 unspecified atom stereocenters. The van der Waals surface area contributed by atoms with Crippen LogP contribution in [0.4, 0.5) is 5.69 Å². The van der Waals surface area contributed by atoms with Crippen LogP contribution in [0.15, 0.2) is 41.3 Å². The van der Waals surface area contributed by atoms with Crippen LogP contribution in [0, 0.1) is 20.8 Å². The lowest BCUT2D eigenvalue weighted by Crippen LogP contribution is -2.51. The molecule has 3 rings (SSSR count). The van der Waals surface area contributed by atoms with Gasteiger partial charge in [0.2, 0.25) is 15.9 Å². The molecule has 1 amide bonds. The Morgan fingerprint density at radius 3 is 2.39 bits per heavy atom. The smallest absolute Gasteiger partial charge is 0.246 e. The third-order valence-corrected chi connectivity index (χ3v) is 7.74. The Balaban J connectivity index is 1.66. The molecular weight excluding hydrogens is 414 g/mol. The number of rotatable bonds is 6. The molecule has 0 aromatic heterocycles. The molecule has 7 nitrogen and oxygen atoms in total. The first-order valence-corrected chi connectivity index (χ1v) is 11.8. The number of piperazine rings is 1. The fraction of sp³-hybridized carbons (Fsp3) is 0.435. The zero-order valence-electron chi connectivity index (χ0n) is 18.9. The maximum Gasteiger partial charge on any atom is 0.246 e. The Kier molecular flexibility index (Phi) is 6.91. The molecule has 1 saturated heterocycles. The van der Waals surface area contributed by atoms with Gasteiger partial charge >= 0.3 is 0 Å². The SMILES string of the molecule is COc1ccc(C)cc1S(=O)(=O)N(C)CC(=O)N1CCN(c2cccc(C)c2C)CC1. The predicted octanol–water partition coefficient (Wildman–Crippen LogP) is 2.59. The van der Waals surface area contributed by atoms with Crippen LogP contribution < -0.4 is 9.64 Å². The summed E-state index contributed by atoms with van der Waals surface area (Å²) in [5, 5.41) is 0. The van der Waals surface area contributed by atoms with E-state index in [1.54, 1.807) is 23.1 Å². The Morgan fingerprint density at radius 2 is 1.74 bits per heavy atom. The maximum atomic E-state index is 13.1. The lowest BCUT2D eigenvalue weighted by atomic mass is 10.1. The summed E-state index contributed by atoms with van der Waals surface area (Å²) in [7, 11) is -0.985. The number of aryl methyl sites for hydroxylation is 2. The van der Waals surface area contributed by atoms with E-state index in [9.17, 15) is 13.2 Å². The fourth-order valence-electron chi connectivity index (χ4n) is 3.80. The first-order chi connectivity index (χ1) is 14.6. The summed E-state index contributed by atoms with van der Waals surface area (Å²) < 4.78 is 32.4. The number of carbonyl (C=O) groups excluding carboxylic acids is 1. The van der Waals surface area contributed by atoms with Crippen molar-refractivity contribution in [1.29, 1.82) is 0 Å². The molecule has 1 aliphatic heterocycles. The zero-order valence-corrected chi connectivity index (χ0v) is 19.7. The largest absolute Gasteiger partial charge is 0.495 e. The molecule has 0 radical (unpaired) electrons. The van der Waals surface area contributed by atoms with Crippen molar-refractivity contribution in [3.8, 4) is 5.75 Å². The van der Waals surface area contributed by atoms with E-state index in [0.717, 1.165) is 23.0 Å². The van der Waals surface area contributed by atoms with Gasteiger partial charge in [0.05, 0.1) is 13.7 Å². The average Bonchev–Trinajstić information content (AvgIpc) is 2.75. The van der Waals surface area contributed by atoms with Crippen LogP contribution in [0.2, 0.25) is 0 Å². The highest BCUT2D eigenvalue weighted by Crippen LogP contribution is 2.27. The molecule has 1 fully saturated rings. The van der Waals surface area contributed by atoms with Gasteiger partial charge in [0.25, 0.3) is 0 Å². The van der Waals surface area contributed by atoms with Crippen molar-refractivity contribution in [3.05, 3.63) is 53.1 Å². The van der Waals surface area contributed by atoms with Crippen LogP contribution in [0.3, 0.4) is 0 Å². The number of carbonyl (C=O) groups is 1. The predicted molar refractivity (Wildman–Crippen MR) is 122 cm³/mol. The van der Waals surface area contributed by atoms with E-state index in [2.05, 4.69) is 36.9 Å². The molecule has 1 aliphatic rings. The maximum absolute atomic E-state index is 13.1. The highest BCUT2D eigenvalue weighted by atomic mass is 32.2. The average molecular weight is 446 g/mol. The Hall–Kier alpha value is -2.58. The van der Waals surface area contributed by atoms with Crippen molar-refractivity contribution in [1.82, 2.24) is 9.21 Å². The van der Waals surface area contributed by atoms with E-state index >= 15 is 0 Å². The minimum atomic E-state index is -3.85. The van der Waals surface area contributed by atoms with Crippen LogP contribution >= 0.6 is 0 Å². The second-order valence-electron chi connectivity index (χ2n) is 8.00. The molecule has 0 saturated carbocycles. The van der Waals surface area contributed by atoms with Gasteiger partial charge in [0, 0.05) is 38.9 Å². The third-order valence-electron chi connectivity index (χ3n) is 5.91. The van der Waals surface area contributed by atoms with E-state index in [4.69, 9.17) is 4.74 Å². The van der Waals surface area contributed by atoms with Crippen molar-refractivity contribution in [2.24, 2.45) is 0 Å². The summed E-state index contributed by atoms with van der Waals surface area (Å²) in [6, 6.07) is 11.2. The van der Waals surface area contributed by atoms with Crippen molar-refractivity contribution in [2.75, 3.05) is 51.8 Å². The van der Waals surface area contributed by atoms with Gasteiger partial charge in [-0.15, -0.1) is 0 Å². The van der Waals surface area contributed by atoms with Gasteiger partial charge in [-0.1, -0.05) is 18.2 Å². The van der Waals surface area contributed by atoms with E-state index in [-0.39, 0.29) is 23.1 Å². The number of hydrogen-bond donors (Lipinski definition) is 0. The van der Waals surface area contributed by atoms with Crippen LogP contribution in [0.25, 0.3) is 0 Å². The molecule has 2 aromatic rings. The number of likely N-dealkylation sites (N-methyl/N-ethyl adjacent to an activating group) is 1. The number of hydrogen-bond acceptors (Lipinski definition) is 5. The summed E-state index contributed by atoms with van der Waals surface area (Å²) in [5.41, 5.74) is 4.50. The molecule has 31 heavy (non-hydrogen) atoms. The van der Waals surface area contributed by atoms with Crippen molar-refractivity contribution >= 4 is 21.6 Å². The van der Waals surface area contributed by atoms with Crippen LogP contribution in [-0.4, -0.2) is 70.4 Å². The van der Waals surface area contributed by atoms with Gasteiger partial charge in [0.1, 0.15) is 10.6 Å².